The number of aromatic nitrogens is 1. The van der Waals surface area contributed by atoms with E-state index in [4.69, 9.17) is 0 Å². The van der Waals surface area contributed by atoms with Gasteiger partial charge in [0.2, 0.25) is 0 Å². The molecule has 0 saturated heterocycles. The lowest BCUT2D eigenvalue weighted by Crippen LogP contribution is -2.14. The molecule has 3 aromatic carbocycles. The number of rotatable bonds is 3. The van der Waals surface area contributed by atoms with Crippen LogP contribution < -0.4 is 4.90 Å². The van der Waals surface area contributed by atoms with Gasteiger partial charge >= 0.3 is 0 Å². The average Bonchev–Trinajstić information content (AvgIpc) is 3.46. The molecule has 1 aliphatic rings. The Balaban J connectivity index is 1.38. The van der Waals surface area contributed by atoms with E-state index in [9.17, 15) is 0 Å². The summed E-state index contributed by atoms with van der Waals surface area (Å²) in [4.78, 5) is 7.53. The normalized spacial score (nSPS) is 12.5. The van der Waals surface area contributed by atoms with Gasteiger partial charge in [-0.05, 0) is 66.2 Å². The summed E-state index contributed by atoms with van der Waals surface area (Å²) in [5.74, 6) is 0. The van der Waals surface area contributed by atoms with Crippen molar-refractivity contribution in [3.8, 4) is 21.0 Å². The van der Waals surface area contributed by atoms with Crippen LogP contribution in [-0.4, -0.2) is 4.57 Å². The largest absolute Gasteiger partial charge is 0.350 e. The van der Waals surface area contributed by atoms with Crippen molar-refractivity contribution in [1.82, 2.24) is 4.57 Å². The first-order valence-electron chi connectivity index (χ1n) is 10.3. The minimum atomic E-state index is 1.18. The highest BCUT2D eigenvalue weighted by Crippen LogP contribution is 2.51. The number of benzene rings is 3. The number of hydrogen-bond acceptors (Lipinski definition) is 3. The van der Waals surface area contributed by atoms with Crippen molar-refractivity contribution in [2.45, 2.75) is 9.79 Å². The summed E-state index contributed by atoms with van der Waals surface area (Å²) in [6, 6.07) is 34.9. The molecule has 4 heteroatoms. The molecule has 5 aromatic rings. The first-order valence-corrected chi connectivity index (χ1v) is 11.9. The van der Waals surface area contributed by atoms with Crippen molar-refractivity contribution in [2.24, 2.45) is 7.05 Å². The van der Waals surface area contributed by atoms with E-state index in [1.807, 2.05) is 23.1 Å². The molecule has 0 spiro atoms. The van der Waals surface area contributed by atoms with Crippen molar-refractivity contribution in [3.05, 3.63) is 103 Å². The van der Waals surface area contributed by atoms with Gasteiger partial charge in [-0.15, -0.1) is 11.3 Å². The van der Waals surface area contributed by atoms with Crippen LogP contribution >= 0.6 is 23.1 Å². The van der Waals surface area contributed by atoms with E-state index in [1.54, 1.807) is 0 Å². The maximum Gasteiger partial charge on any atom is 0.0601 e. The molecule has 0 N–H and O–H groups in total. The highest BCUT2D eigenvalue weighted by Gasteiger charge is 2.24. The molecule has 0 amide bonds. The van der Waals surface area contributed by atoms with E-state index in [0.29, 0.717) is 0 Å². The fourth-order valence-electron chi connectivity index (χ4n) is 4.11. The van der Waals surface area contributed by atoms with Crippen molar-refractivity contribution < 1.29 is 0 Å². The Morgan fingerprint density at radius 3 is 1.90 bits per heavy atom. The number of nitrogens with zero attached hydrogens (tertiary/aromatic N) is 2. The van der Waals surface area contributed by atoms with E-state index in [1.165, 1.54) is 47.9 Å². The molecule has 2 aromatic heterocycles. The number of fused-ring (bicyclic) bond motifs is 2. The van der Waals surface area contributed by atoms with Gasteiger partial charge < -0.3 is 9.47 Å². The Morgan fingerprint density at radius 1 is 0.613 bits per heavy atom. The predicted octanol–water partition coefficient (Wildman–Crippen LogP) is 8.36. The van der Waals surface area contributed by atoms with Gasteiger partial charge in [0, 0.05) is 33.6 Å². The Kier molecular flexibility index (Phi) is 4.48. The molecule has 0 radical (unpaired) electrons. The van der Waals surface area contributed by atoms with Gasteiger partial charge in [0.15, 0.2) is 0 Å². The highest BCUT2D eigenvalue weighted by molar-refractivity contribution is 7.99. The zero-order chi connectivity index (χ0) is 20.8. The number of anilines is 3. The molecule has 0 bridgehead atoms. The molecule has 6 rings (SSSR count). The van der Waals surface area contributed by atoms with Crippen LogP contribution in [-0.2, 0) is 7.05 Å². The van der Waals surface area contributed by atoms with Crippen LogP contribution in [0.3, 0.4) is 0 Å². The maximum absolute atomic E-state index is 2.37. The highest BCUT2D eigenvalue weighted by atomic mass is 32.2. The topological polar surface area (TPSA) is 8.17 Å². The third-order valence-electron chi connectivity index (χ3n) is 5.64. The fourth-order valence-corrected chi connectivity index (χ4v) is 6.24. The molecular formula is C27H20N2S2. The van der Waals surface area contributed by atoms with E-state index < -0.39 is 0 Å². The van der Waals surface area contributed by atoms with Gasteiger partial charge in [0.1, 0.15) is 0 Å². The van der Waals surface area contributed by atoms with Crippen molar-refractivity contribution in [3.63, 3.8) is 0 Å². The molecule has 1 aliphatic heterocycles. The van der Waals surface area contributed by atoms with Crippen molar-refractivity contribution >= 4 is 40.2 Å². The van der Waals surface area contributed by atoms with Gasteiger partial charge in [0.25, 0.3) is 0 Å². The summed E-state index contributed by atoms with van der Waals surface area (Å²) < 4.78 is 2.17. The monoisotopic (exact) mass is 436 g/mol. The minimum absolute atomic E-state index is 1.18. The lowest BCUT2D eigenvalue weighted by atomic mass is 10.1. The predicted molar refractivity (Wildman–Crippen MR) is 133 cm³/mol. The average molecular weight is 437 g/mol. The van der Waals surface area contributed by atoms with E-state index in [-0.39, 0.29) is 0 Å². The number of para-hydroxylation sites is 2. The Bertz CT molecular complexity index is 1330. The third-order valence-corrected chi connectivity index (χ3v) is 7.93. The maximum atomic E-state index is 2.37. The molecule has 0 atom stereocenters. The summed E-state index contributed by atoms with van der Waals surface area (Å²) in [5, 5.41) is 0. The second-order valence-corrected chi connectivity index (χ2v) is 9.76. The summed E-state index contributed by atoms with van der Waals surface area (Å²) in [7, 11) is 2.09. The van der Waals surface area contributed by atoms with Crippen LogP contribution in [0.2, 0.25) is 0 Å². The van der Waals surface area contributed by atoms with Gasteiger partial charge in [-0.3, -0.25) is 0 Å². The van der Waals surface area contributed by atoms with E-state index in [2.05, 4.69) is 120 Å². The zero-order valence-electron chi connectivity index (χ0n) is 17.0. The molecule has 150 valence electrons. The van der Waals surface area contributed by atoms with Gasteiger partial charge in [0.05, 0.1) is 21.9 Å². The Labute approximate surface area is 190 Å². The molecule has 3 heterocycles. The Morgan fingerprint density at radius 2 is 1.26 bits per heavy atom. The first-order chi connectivity index (χ1) is 15.3. The lowest BCUT2D eigenvalue weighted by molar-refractivity contribution is 0.940. The van der Waals surface area contributed by atoms with Crippen LogP contribution in [0.25, 0.3) is 21.0 Å². The Hall–Kier alpha value is -3.21. The van der Waals surface area contributed by atoms with Crippen molar-refractivity contribution in [1.29, 1.82) is 0 Å². The fraction of sp³-hybridized carbons (Fsp3) is 0.0370. The lowest BCUT2D eigenvalue weighted by Gasteiger charge is -2.32. The standard InChI is InChI=1S/C27H20N2S2/c1-28-18-6-9-21(28)27-17-16-24(30-27)19-12-14-20(15-13-19)29-22-7-2-4-10-25(22)31-26-11-5-3-8-23(26)29/h2-18H,1H3. The minimum Gasteiger partial charge on any atom is -0.350 e. The summed E-state index contributed by atoms with van der Waals surface area (Å²) in [6.45, 7) is 0. The van der Waals surface area contributed by atoms with Gasteiger partial charge in [-0.2, -0.15) is 0 Å². The number of hydrogen-bond donors (Lipinski definition) is 0. The summed E-state index contributed by atoms with van der Waals surface area (Å²) in [5.41, 5.74) is 6.17. The summed E-state index contributed by atoms with van der Waals surface area (Å²) in [6.07, 6.45) is 2.09. The second-order valence-electron chi connectivity index (χ2n) is 7.59. The molecule has 0 unspecified atom stereocenters. The van der Waals surface area contributed by atoms with Crippen LogP contribution in [0.4, 0.5) is 17.1 Å². The summed E-state index contributed by atoms with van der Waals surface area (Å²) >= 11 is 3.68. The molecule has 0 fully saturated rings. The first kappa shape index (κ1) is 18.6. The van der Waals surface area contributed by atoms with Crippen LogP contribution in [0, 0.1) is 0 Å². The van der Waals surface area contributed by atoms with E-state index in [0.717, 1.165) is 0 Å². The van der Waals surface area contributed by atoms with Crippen LogP contribution in [0.15, 0.2) is 113 Å². The van der Waals surface area contributed by atoms with Crippen LogP contribution in [0.5, 0.6) is 0 Å². The number of thiophene rings is 1. The quantitative estimate of drug-likeness (QED) is 0.275. The number of aryl methyl sites for hydroxylation is 1. The molecule has 0 aliphatic carbocycles. The molecular weight excluding hydrogens is 416 g/mol. The molecule has 31 heavy (non-hydrogen) atoms. The van der Waals surface area contributed by atoms with Crippen molar-refractivity contribution in [2.75, 3.05) is 4.90 Å². The van der Waals surface area contributed by atoms with Gasteiger partial charge in [-0.1, -0.05) is 48.2 Å². The van der Waals surface area contributed by atoms with E-state index >= 15 is 0 Å². The smallest absolute Gasteiger partial charge is 0.0601 e. The van der Waals surface area contributed by atoms with Crippen LogP contribution in [0.1, 0.15) is 0 Å². The van der Waals surface area contributed by atoms with Gasteiger partial charge in [-0.25, -0.2) is 0 Å². The zero-order valence-corrected chi connectivity index (χ0v) is 18.7. The molecule has 0 saturated carbocycles. The third kappa shape index (κ3) is 3.19. The molecule has 2 nitrogen and oxygen atoms in total. The SMILES string of the molecule is Cn1cccc1-c1ccc(-c2ccc(N3c4ccccc4Sc4ccccc43)cc2)s1. The second kappa shape index (κ2) is 7.49.